The highest BCUT2D eigenvalue weighted by atomic mass is 28.5. The Bertz CT molecular complexity index is 276. The summed E-state index contributed by atoms with van der Waals surface area (Å²) < 4.78 is 22.3. The van der Waals surface area contributed by atoms with Crippen molar-refractivity contribution in [1.82, 2.24) is 4.57 Å². The molecule has 0 aliphatic carbocycles. The van der Waals surface area contributed by atoms with Gasteiger partial charge in [-0.25, -0.2) is 0 Å². The van der Waals surface area contributed by atoms with Crippen LogP contribution in [0.15, 0.2) is 0 Å². The van der Waals surface area contributed by atoms with Gasteiger partial charge >= 0.3 is 8.97 Å². The van der Waals surface area contributed by atoms with E-state index in [4.69, 9.17) is 12.3 Å². The molecule has 0 heterocycles. The van der Waals surface area contributed by atoms with E-state index in [1.54, 1.807) is 0 Å². The van der Waals surface area contributed by atoms with Crippen molar-refractivity contribution in [3.8, 4) is 0 Å². The van der Waals surface area contributed by atoms with Crippen LogP contribution < -0.4 is 0 Å². The molecule has 0 amide bonds. The van der Waals surface area contributed by atoms with Crippen molar-refractivity contribution >= 4 is 33.9 Å². The highest BCUT2D eigenvalue weighted by molar-refractivity contribution is 6.89. The zero-order valence-electron chi connectivity index (χ0n) is 16.1. The number of hydrogen-bond donors (Lipinski definition) is 0. The standard InChI is InChI=1S/C13H37NO3Si4/c1-12-14(13-2)21(15-18(3,4)5,16-19(6,7)8)17-20(9,10)11/h12-13H2,1-11H3. The summed E-state index contributed by atoms with van der Waals surface area (Å²) in [6.45, 7) is 26.1. The maximum Gasteiger partial charge on any atom is 0.567 e. The van der Waals surface area contributed by atoms with Gasteiger partial charge in [-0.2, -0.15) is 0 Å². The molecule has 0 aliphatic heterocycles. The zero-order valence-corrected chi connectivity index (χ0v) is 20.1. The molecular formula is C13H37NO3Si4. The van der Waals surface area contributed by atoms with Crippen molar-refractivity contribution in [3.63, 3.8) is 0 Å². The largest absolute Gasteiger partial charge is 0.567 e. The van der Waals surface area contributed by atoms with E-state index in [0.717, 1.165) is 13.1 Å². The molecule has 0 radical (unpaired) electrons. The highest BCUT2D eigenvalue weighted by Gasteiger charge is 2.54. The minimum atomic E-state index is -2.81. The average molecular weight is 368 g/mol. The predicted molar refractivity (Wildman–Crippen MR) is 102 cm³/mol. The normalized spacial score (nSPS) is 14.9. The van der Waals surface area contributed by atoms with Gasteiger partial charge in [-0.15, -0.1) is 0 Å². The first-order valence-corrected chi connectivity index (χ1v) is 19.9. The molecule has 0 rings (SSSR count). The van der Waals surface area contributed by atoms with Crippen molar-refractivity contribution < 1.29 is 12.3 Å². The van der Waals surface area contributed by atoms with Gasteiger partial charge in [0.05, 0.1) is 0 Å². The van der Waals surface area contributed by atoms with Gasteiger partial charge in [0.1, 0.15) is 0 Å². The SMILES string of the molecule is CCN(CC)[Si](O[Si](C)(C)C)(O[Si](C)(C)C)O[Si](C)(C)C. The molecule has 0 fully saturated rings. The van der Waals surface area contributed by atoms with E-state index in [-0.39, 0.29) is 0 Å². The summed E-state index contributed by atoms with van der Waals surface area (Å²) in [7, 11) is -8.13. The van der Waals surface area contributed by atoms with E-state index in [1.807, 2.05) is 0 Å². The van der Waals surface area contributed by atoms with Crippen molar-refractivity contribution in [2.45, 2.75) is 72.8 Å². The van der Waals surface area contributed by atoms with Gasteiger partial charge in [-0.3, -0.25) is 4.57 Å². The lowest BCUT2D eigenvalue weighted by molar-refractivity contribution is 0.160. The van der Waals surface area contributed by atoms with Crippen LogP contribution in [0.25, 0.3) is 0 Å². The minimum Gasteiger partial charge on any atom is -0.405 e. The number of nitrogens with zero attached hydrogens (tertiary/aromatic N) is 1. The summed E-state index contributed by atoms with van der Waals surface area (Å²) in [5.41, 5.74) is 0. The van der Waals surface area contributed by atoms with Crippen molar-refractivity contribution in [2.75, 3.05) is 13.1 Å². The van der Waals surface area contributed by atoms with Gasteiger partial charge in [0.25, 0.3) is 0 Å². The lowest BCUT2D eigenvalue weighted by Crippen LogP contribution is -2.69. The third-order valence-electron chi connectivity index (χ3n) is 2.46. The van der Waals surface area contributed by atoms with Crippen molar-refractivity contribution in [1.29, 1.82) is 0 Å². The van der Waals surface area contributed by atoms with Crippen LogP contribution in [0.2, 0.25) is 58.9 Å². The smallest absolute Gasteiger partial charge is 0.405 e. The Hall–Kier alpha value is 0.708. The van der Waals surface area contributed by atoms with Crippen LogP contribution in [0, 0.1) is 0 Å². The zero-order chi connectivity index (χ0) is 17.1. The lowest BCUT2D eigenvalue weighted by Gasteiger charge is -2.46. The summed E-state index contributed by atoms with van der Waals surface area (Å²) in [4.78, 5) is 0. The molecular weight excluding hydrogens is 330 g/mol. The Morgan fingerprint density at radius 2 is 0.810 bits per heavy atom. The first kappa shape index (κ1) is 21.7. The number of rotatable bonds is 9. The molecule has 0 atom stereocenters. The molecule has 21 heavy (non-hydrogen) atoms. The Morgan fingerprint density at radius 3 is 0.952 bits per heavy atom. The topological polar surface area (TPSA) is 30.9 Å². The van der Waals surface area contributed by atoms with Crippen LogP contribution in [0.1, 0.15) is 13.8 Å². The van der Waals surface area contributed by atoms with Gasteiger partial charge in [0, 0.05) is 0 Å². The lowest BCUT2D eigenvalue weighted by atomic mass is 10.7. The summed E-state index contributed by atoms with van der Waals surface area (Å²) in [5.74, 6) is 0. The van der Waals surface area contributed by atoms with Gasteiger partial charge in [0.2, 0.25) is 0 Å². The second kappa shape index (κ2) is 7.52. The monoisotopic (exact) mass is 367 g/mol. The van der Waals surface area contributed by atoms with Crippen LogP contribution in [-0.2, 0) is 12.3 Å². The fourth-order valence-electron chi connectivity index (χ4n) is 2.03. The van der Waals surface area contributed by atoms with Crippen LogP contribution in [-0.4, -0.2) is 51.6 Å². The summed E-state index contributed by atoms with van der Waals surface area (Å²) in [6.07, 6.45) is 0. The summed E-state index contributed by atoms with van der Waals surface area (Å²) >= 11 is 0. The first-order valence-electron chi connectivity index (χ1n) is 8.00. The third-order valence-corrected chi connectivity index (χ3v) is 14.3. The van der Waals surface area contributed by atoms with Gasteiger partial charge in [0.15, 0.2) is 25.0 Å². The number of hydrogen-bond acceptors (Lipinski definition) is 4. The van der Waals surface area contributed by atoms with Crippen LogP contribution in [0.5, 0.6) is 0 Å². The van der Waals surface area contributed by atoms with Crippen molar-refractivity contribution in [3.05, 3.63) is 0 Å². The Labute approximate surface area is 137 Å². The molecule has 0 bridgehead atoms. The van der Waals surface area contributed by atoms with Crippen LogP contribution in [0.4, 0.5) is 0 Å². The van der Waals surface area contributed by atoms with Crippen LogP contribution in [0.3, 0.4) is 0 Å². The Kier molecular flexibility index (Phi) is 7.77. The average Bonchev–Trinajstić information content (AvgIpc) is 2.09. The maximum atomic E-state index is 6.65. The van der Waals surface area contributed by atoms with E-state index in [1.165, 1.54) is 0 Å². The van der Waals surface area contributed by atoms with E-state index in [2.05, 4.69) is 77.3 Å². The fraction of sp³-hybridized carbons (Fsp3) is 1.00. The maximum absolute atomic E-state index is 6.65. The molecule has 0 aromatic carbocycles. The summed E-state index contributed by atoms with van der Waals surface area (Å²) in [6, 6.07) is 0. The fourth-order valence-corrected chi connectivity index (χ4v) is 15.3. The van der Waals surface area contributed by atoms with E-state index < -0.39 is 33.9 Å². The molecule has 0 spiro atoms. The Balaban J connectivity index is 5.80. The molecule has 0 aromatic heterocycles. The molecule has 0 aromatic rings. The van der Waals surface area contributed by atoms with Crippen molar-refractivity contribution in [2.24, 2.45) is 0 Å². The van der Waals surface area contributed by atoms with E-state index in [0.29, 0.717) is 0 Å². The molecule has 8 heteroatoms. The molecule has 0 aliphatic rings. The Morgan fingerprint density at radius 1 is 0.571 bits per heavy atom. The molecule has 0 saturated heterocycles. The van der Waals surface area contributed by atoms with Gasteiger partial charge < -0.3 is 12.3 Å². The van der Waals surface area contributed by atoms with Crippen LogP contribution >= 0.6 is 0 Å². The minimum absolute atomic E-state index is 0.905. The molecule has 4 nitrogen and oxygen atoms in total. The van der Waals surface area contributed by atoms with Gasteiger partial charge in [-0.1, -0.05) is 13.8 Å². The highest BCUT2D eigenvalue weighted by Crippen LogP contribution is 2.28. The first-order chi connectivity index (χ1) is 9.14. The van der Waals surface area contributed by atoms with Gasteiger partial charge in [-0.05, 0) is 72.0 Å². The van der Waals surface area contributed by atoms with E-state index in [9.17, 15) is 0 Å². The second-order valence-corrected chi connectivity index (χ2v) is 25.1. The molecule has 0 saturated carbocycles. The third kappa shape index (κ3) is 8.79. The second-order valence-electron chi connectivity index (χ2n) is 8.34. The summed E-state index contributed by atoms with van der Waals surface area (Å²) in [5, 5.41) is 0. The predicted octanol–water partition coefficient (Wildman–Crippen LogP) is 4.32. The molecule has 0 N–H and O–H groups in total. The quantitative estimate of drug-likeness (QED) is 0.568. The molecule has 128 valence electrons. The van der Waals surface area contributed by atoms with E-state index >= 15 is 0 Å². The molecule has 0 unspecified atom stereocenters.